The molecule has 0 saturated heterocycles. The molecule has 7 nitrogen and oxygen atoms in total. The largest absolute Gasteiger partial charge is 0.354 e. The maximum Gasteiger partial charge on any atom is 0.243 e. The molecule has 38 heavy (non-hydrogen) atoms. The Kier molecular flexibility index (Phi) is 11.3. The van der Waals surface area contributed by atoms with E-state index in [-0.39, 0.29) is 23.6 Å². The van der Waals surface area contributed by atoms with Gasteiger partial charge in [-0.2, -0.15) is 0 Å². The zero-order chi connectivity index (χ0) is 27.5. The first kappa shape index (κ1) is 29.4. The van der Waals surface area contributed by atoms with Crippen LogP contribution in [0.1, 0.15) is 63.1 Å². The summed E-state index contributed by atoms with van der Waals surface area (Å²) in [6.07, 6.45) is 5.06. The Hall–Kier alpha value is -3.19. The lowest BCUT2D eigenvalue weighted by molar-refractivity contribution is -0.141. The van der Waals surface area contributed by atoms with Crippen LogP contribution in [0.15, 0.2) is 54.6 Å². The van der Waals surface area contributed by atoms with Crippen molar-refractivity contribution in [2.24, 2.45) is 5.92 Å². The molecule has 3 amide bonds. The molecule has 206 valence electrons. The third-order valence-corrected chi connectivity index (χ3v) is 7.76. The minimum Gasteiger partial charge on any atom is -0.354 e. The standard InChI is InChI=1S/C31H44N4O3/c1-5-22(2)28-31(38)35(4)23(3)29(36)34-27(20-24-14-8-6-9-15-24)30(37)32-19-13-7-10-16-25-17-11-12-18-26(25)21-33-28/h6,8-9,11-12,14-15,17-18,22-23,27-28,33H,5,7,10,13,16,19-21H2,1-4H3,(H,32,37)(H,34,36)/t22-,23+,27+,28-/m0/s1. The number of carbonyl (C=O) groups excluding carboxylic acids is 3. The van der Waals surface area contributed by atoms with Gasteiger partial charge in [0.25, 0.3) is 0 Å². The van der Waals surface area contributed by atoms with Gasteiger partial charge in [0.1, 0.15) is 12.1 Å². The highest BCUT2D eigenvalue weighted by Gasteiger charge is 2.32. The van der Waals surface area contributed by atoms with Crippen molar-refractivity contribution in [3.8, 4) is 0 Å². The number of aryl methyl sites for hydroxylation is 1. The Labute approximate surface area is 227 Å². The van der Waals surface area contributed by atoms with E-state index in [4.69, 9.17) is 0 Å². The molecule has 0 unspecified atom stereocenters. The molecule has 0 bridgehead atoms. The molecule has 3 N–H and O–H groups in total. The van der Waals surface area contributed by atoms with Gasteiger partial charge in [-0.1, -0.05) is 81.3 Å². The molecule has 1 aliphatic rings. The van der Waals surface area contributed by atoms with E-state index in [2.05, 4.69) is 48.0 Å². The molecular weight excluding hydrogens is 476 g/mol. The minimum atomic E-state index is -0.729. The summed E-state index contributed by atoms with van der Waals surface area (Å²) in [5, 5.41) is 9.45. The summed E-state index contributed by atoms with van der Waals surface area (Å²) < 4.78 is 0. The van der Waals surface area contributed by atoms with Crippen molar-refractivity contribution in [1.29, 1.82) is 0 Å². The van der Waals surface area contributed by atoms with E-state index in [9.17, 15) is 14.4 Å². The molecule has 0 spiro atoms. The summed E-state index contributed by atoms with van der Waals surface area (Å²) in [5.74, 6) is -0.570. The van der Waals surface area contributed by atoms with Gasteiger partial charge in [-0.25, -0.2) is 0 Å². The fraction of sp³-hybridized carbons (Fsp3) is 0.516. The van der Waals surface area contributed by atoms with Crippen LogP contribution in [0.2, 0.25) is 0 Å². The van der Waals surface area contributed by atoms with Gasteiger partial charge in [-0.3, -0.25) is 14.4 Å². The molecular formula is C31H44N4O3. The van der Waals surface area contributed by atoms with Crippen LogP contribution < -0.4 is 16.0 Å². The second-order valence-corrected chi connectivity index (χ2v) is 10.5. The van der Waals surface area contributed by atoms with E-state index in [0.717, 1.165) is 37.7 Å². The van der Waals surface area contributed by atoms with Gasteiger partial charge >= 0.3 is 0 Å². The van der Waals surface area contributed by atoms with Crippen molar-refractivity contribution in [3.63, 3.8) is 0 Å². The highest BCUT2D eigenvalue weighted by atomic mass is 16.2. The number of hydrogen-bond donors (Lipinski definition) is 3. The summed E-state index contributed by atoms with van der Waals surface area (Å²) in [4.78, 5) is 41.6. The van der Waals surface area contributed by atoms with Crippen LogP contribution >= 0.6 is 0 Å². The number of amides is 3. The van der Waals surface area contributed by atoms with Crippen LogP contribution in [0.25, 0.3) is 0 Å². The molecule has 2 aromatic rings. The van der Waals surface area contributed by atoms with Crippen LogP contribution in [-0.4, -0.2) is 54.3 Å². The Morgan fingerprint density at radius 1 is 0.921 bits per heavy atom. The third kappa shape index (κ3) is 8.15. The lowest BCUT2D eigenvalue weighted by Crippen LogP contribution is -2.57. The fourth-order valence-corrected chi connectivity index (χ4v) is 4.85. The maximum absolute atomic E-state index is 13.6. The molecule has 0 fully saturated rings. The Morgan fingerprint density at radius 2 is 1.61 bits per heavy atom. The topological polar surface area (TPSA) is 90.5 Å². The van der Waals surface area contributed by atoms with Gasteiger partial charge in [0.2, 0.25) is 17.7 Å². The van der Waals surface area contributed by atoms with E-state index < -0.39 is 18.1 Å². The zero-order valence-corrected chi connectivity index (χ0v) is 23.3. The van der Waals surface area contributed by atoms with Crippen molar-refractivity contribution in [2.45, 2.75) is 84.0 Å². The number of nitrogens with one attached hydrogen (secondary N) is 3. The Morgan fingerprint density at radius 3 is 2.32 bits per heavy atom. The van der Waals surface area contributed by atoms with Crippen LogP contribution in [0.3, 0.4) is 0 Å². The molecule has 4 atom stereocenters. The number of fused-ring (bicyclic) bond motifs is 1. The normalized spacial score (nSPS) is 23.4. The number of likely N-dealkylation sites (N-methyl/N-ethyl adjacent to an activating group) is 1. The molecule has 3 rings (SSSR count). The van der Waals surface area contributed by atoms with Gasteiger partial charge in [0, 0.05) is 26.6 Å². The predicted molar refractivity (Wildman–Crippen MR) is 151 cm³/mol. The summed E-state index contributed by atoms with van der Waals surface area (Å²) in [6.45, 7) is 7.01. The summed E-state index contributed by atoms with van der Waals surface area (Å²) in [7, 11) is 1.67. The number of nitrogens with zero attached hydrogens (tertiary/aromatic N) is 1. The van der Waals surface area contributed by atoms with Crippen molar-refractivity contribution >= 4 is 17.7 Å². The second kappa shape index (κ2) is 14.7. The lowest BCUT2D eigenvalue weighted by Gasteiger charge is -2.32. The fourth-order valence-electron chi connectivity index (χ4n) is 4.85. The molecule has 0 aliphatic carbocycles. The summed E-state index contributed by atoms with van der Waals surface area (Å²) >= 11 is 0. The lowest BCUT2D eigenvalue weighted by atomic mass is 9.96. The quantitative estimate of drug-likeness (QED) is 0.575. The highest BCUT2D eigenvalue weighted by Crippen LogP contribution is 2.17. The van der Waals surface area contributed by atoms with Crippen LogP contribution in [0.5, 0.6) is 0 Å². The first-order valence-electron chi connectivity index (χ1n) is 14.0. The van der Waals surface area contributed by atoms with Crippen LogP contribution in [-0.2, 0) is 33.8 Å². The first-order valence-corrected chi connectivity index (χ1v) is 14.0. The Balaban J connectivity index is 1.85. The van der Waals surface area contributed by atoms with E-state index in [0.29, 0.717) is 19.5 Å². The number of hydrogen-bond acceptors (Lipinski definition) is 4. The third-order valence-electron chi connectivity index (χ3n) is 7.76. The number of rotatable bonds is 4. The Bertz CT molecular complexity index is 1060. The number of benzene rings is 2. The van der Waals surface area contributed by atoms with Gasteiger partial charge in [0.15, 0.2) is 0 Å². The SMILES string of the molecule is CC[C@H](C)[C@@H]1NCc2ccccc2CCCCCNC(=O)[C@@H](Cc2ccccc2)NC(=O)[C@@H](C)N(C)C1=O. The molecule has 0 saturated carbocycles. The average Bonchev–Trinajstić information content (AvgIpc) is 2.93. The summed E-state index contributed by atoms with van der Waals surface area (Å²) in [6, 6.07) is 16.2. The van der Waals surface area contributed by atoms with Crippen molar-refractivity contribution < 1.29 is 14.4 Å². The monoisotopic (exact) mass is 520 g/mol. The van der Waals surface area contributed by atoms with E-state index in [1.54, 1.807) is 14.0 Å². The molecule has 0 aromatic heterocycles. The minimum absolute atomic E-state index is 0.0922. The van der Waals surface area contributed by atoms with Gasteiger partial charge in [-0.15, -0.1) is 0 Å². The highest BCUT2D eigenvalue weighted by molar-refractivity contribution is 5.93. The van der Waals surface area contributed by atoms with E-state index in [1.807, 2.05) is 36.4 Å². The van der Waals surface area contributed by atoms with Crippen molar-refractivity contribution in [1.82, 2.24) is 20.9 Å². The van der Waals surface area contributed by atoms with Crippen molar-refractivity contribution in [2.75, 3.05) is 13.6 Å². The smallest absolute Gasteiger partial charge is 0.243 e. The zero-order valence-electron chi connectivity index (χ0n) is 23.3. The molecule has 0 radical (unpaired) electrons. The van der Waals surface area contributed by atoms with Gasteiger partial charge < -0.3 is 20.9 Å². The number of carbonyl (C=O) groups is 3. The average molecular weight is 521 g/mol. The summed E-state index contributed by atoms with van der Waals surface area (Å²) in [5.41, 5.74) is 3.44. The van der Waals surface area contributed by atoms with E-state index in [1.165, 1.54) is 16.0 Å². The molecule has 2 aromatic carbocycles. The maximum atomic E-state index is 13.6. The van der Waals surface area contributed by atoms with Crippen LogP contribution in [0, 0.1) is 5.92 Å². The predicted octanol–water partition coefficient (Wildman–Crippen LogP) is 3.61. The van der Waals surface area contributed by atoms with Gasteiger partial charge in [-0.05, 0) is 48.8 Å². The molecule has 1 heterocycles. The first-order chi connectivity index (χ1) is 18.3. The molecule has 7 heteroatoms. The van der Waals surface area contributed by atoms with E-state index >= 15 is 0 Å². The van der Waals surface area contributed by atoms with Crippen molar-refractivity contribution in [3.05, 3.63) is 71.3 Å². The van der Waals surface area contributed by atoms with Gasteiger partial charge in [0.05, 0.1) is 6.04 Å². The molecule has 1 aliphatic heterocycles. The second-order valence-electron chi connectivity index (χ2n) is 10.5. The van der Waals surface area contributed by atoms with Crippen LogP contribution in [0.4, 0.5) is 0 Å².